The summed E-state index contributed by atoms with van der Waals surface area (Å²) in [5, 5.41) is 3.09. The van der Waals surface area contributed by atoms with Gasteiger partial charge in [-0.15, -0.1) is 47.0 Å². The fourth-order valence-corrected chi connectivity index (χ4v) is 10.8. The maximum absolute atomic E-state index is 12.0. The van der Waals surface area contributed by atoms with E-state index in [1.165, 1.54) is 0 Å². The average Bonchev–Trinajstić information content (AvgIpc) is 3.78. The van der Waals surface area contributed by atoms with Crippen molar-refractivity contribution in [1.29, 1.82) is 0 Å². The predicted molar refractivity (Wildman–Crippen MR) is 201 cm³/mol. The Kier molecular flexibility index (Phi) is 15.9. The van der Waals surface area contributed by atoms with Crippen molar-refractivity contribution in [2.75, 3.05) is 61.3 Å². The lowest BCUT2D eigenvalue weighted by Gasteiger charge is -2.22. The van der Waals surface area contributed by atoms with Crippen molar-refractivity contribution in [2.24, 2.45) is 0 Å². The van der Waals surface area contributed by atoms with Crippen LogP contribution in [0.4, 0.5) is 0 Å². The van der Waals surface area contributed by atoms with E-state index in [9.17, 15) is 9.59 Å². The second-order valence-corrected chi connectivity index (χ2v) is 17.0. The molecule has 4 rings (SSSR count). The summed E-state index contributed by atoms with van der Waals surface area (Å²) in [4.78, 5) is 24.0. The van der Waals surface area contributed by atoms with E-state index in [1.807, 2.05) is 74.7 Å². The van der Waals surface area contributed by atoms with E-state index in [1.54, 1.807) is 0 Å². The van der Waals surface area contributed by atoms with Crippen molar-refractivity contribution in [1.82, 2.24) is 0 Å². The van der Waals surface area contributed by atoms with E-state index in [0.29, 0.717) is 23.7 Å². The van der Waals surface area contributed by atoms with Gasteiger partial charge in [0.05, 0.1) is 26.4 Å². The maximum atomic E-state index is 12.0. The summed E-state index contributed by atoms with van der Waals surface area (Å²) in [6, 6.07) is 8.38. The summed E-state index contributed by atoms with van der Waals surface area (Å²) in [7, 11) is 0. The zero-order valence-corrected chi connectivity index (χ0v) is 31.4. The largest absolute Gasteiger partial charge is 0.489 e. The number of carbonyl (C=O) groups is 2. The SMILES string of the molecule is C=CC(=O)OC(COCC1CSCS1)COc1c(C)cc(-c2cc(C)c(OCC(COCC3CSCS3)OC(=O)C=C)c(C)c2)cc1C. The highest BCUT2D eigenvalue weighted by Gasteiger charge is 2.22. The van der Waals surface area contributed by atoms with Gasteiger partial charge >= 0.3 is 11.9 Å². The van der Waals surface area contributed by atoms with Crippen LogP contribution in [0.3, 0.4) is 0 Å². The lowest BCUT2D eigenvalue weighted by atomic mass is 9.96. The van der Waals surface area contributed by atoms with Gasteiger partial charge in [0.1, 0.15) is 24.7 Å². The molecule has 4 unspecified atom stereocenters. The highest BCUT2D eigenvalue weighted by molar-refractivity contribution is 8.19. The van der Waals surface area contributed by atoms with Crippen molar-refractivity contribution in [2.45, 2.75) is 50.4 Å². The second kappa shape index (κ2) is 19.8. The molecule has 2 aromatic rings. The van der Waals surface area contributed by atoms with Crippen LogP contribution in [0.5, 0.6) is 11.5 Å². The van der Waals surface area contributed by atoms with Gasteiger partial charge in [-0.25, -0.2) is 9.59 Å². The van der Waals surface area contributed by atoms with Crippen LogP contribution in [0.15, 0.2) is 49.6 Å². The Morgan fingerprint density at radius 1 is 0.688 bits per heavy atom. The third kappa shape index (κ3) is 12.0. The number of benzene rings is 2. The van der Waals surface area contributed by atoms with Crippen LogP contribution in [0.2, 0.25) is 0 Å². The molecule has 2 saturated heterocycles. The van der Waals surface area contributed by atoms with Crippen molar-refractivity contribution >= 4 is 59.0 Å². The summed E-state index contributed by atoms with van der Waals surface area (Å²) in [6.07, 6.45) is 1.21. The third-order valence-corrected chi connectivity index (χ3v) is 13.2. The monoisotopic (exact) mass is 734 g/mol. The van der Waals surface area contributed by atoms with E-state index >= 15 is 0 Å². The van der Waals surface area contributed by atoms with Gasteiger partial charge in [-0.05, 0) is 85.3 Å². The number of carbonyl (C=O) groups excluding carboxylic acids is 2. The third-order valence-electron chi connectivity index (χ3n) is 7.58. The Morgan fingerprint density at radius 2 is 1.06 bits per heavy atom. The Labute approximate surface area is 301 Å². The highest BCUT2D eigenvalue weighted by atomic mass is 32.2. The minimum atomic E-state index is -0.553. The smallest absolute Gasteiger partial charge is 0.330 e. The molecule has 2 heterocycles. The molecule has 8 nitrogen and oxygen atoms in total. The zero-order chi connectivity index (χ0) is 34.5. The van der Waals surface area contributed by atoms with Crippen molar-refractivity contribution in [3.63, 3.8) is 0 Å². The van der Waals surface area contributed by atoms with Gasteiger partial charge in [0.15, 0.2) is 12.2 Å². The first-order chi connectivity index (χ1) is 23.2. The lowest BCUT2D eigenvalue weighted by Crippen LogP contribution is -2.30. The van der Waals surface area contributed by atoms with E-state index in [2.05, 4.69) is 37.4 Å². The summed E-state index contributed by atoms with van der Waals surface area (Å²) >= 11 is 7.60. The van der Waals surface area contributed by atoms with Crippen LogP contribution in [-0.4, -0.2) is 96.0 Å². The van der Waals surface area contributed by atoms with Crippen molar-refractivity contribution < 1.29 is 38.0 Å². The summed E-state index contributed by atoms with van der Waals surface area (Å²) in [6.45, 7) is 17.2. The molecule has 4 atom stereocenters. The second-order valence-electron chi connectivity index (χ2n) is 11.7. The molecule has 0 spiro atoms. The molecule has 0 bridgehead atoms. The molecule has 0 radical (unpaired) electrons. The molecule has 0 saturated carbocycles. The Hall–Kier alpha value is -2.22. The van der Waals surface area contributed by atoms with Crippen LogP contribution >= 0.6 is 47.0 Å². The number of hydrogen-bond acceptors (Lipinski definition) is 12. The number of thioether (sulfide) groups is 4. The van der Waals surface area contributed by atoms with Gasteiger partial charge in [-0.3, -0.25) is 0 Å². The number of ether oxygens (including phenoxy) is 6. The molecular weight excluding hydrogens is 689 g/mol. The van der Waals surface area contributed by atoms with E-state index in [-0.39, 0.29) is 26.4 Å². The van der Waals surface area contributed by atoms with E-state index in [0.717, 1.165) is 78.7 Å². The quantitative estimate of drug-likeness (QED) is 0.108. The molecule has 2 aromatic carbocycles. The minimum Gasteiger partial charge on any atom is -0.489 e. The highest BCUT2D eigenvalue weighted by Crippen LogP contribution is 2.35. The Bertz CT molecular complexity index is 1250. The molecule has 48 heavy (non-hydrogen) atoms. The van der Waals surface area contributed by atoms with E-state index < -0.39 is 24.1 Å². The summed E-state index contributed by atoms with van der Waals surface area (Å²) < 4.78 is 35.3. The molecule has 262 valence electrons. The van der Waals surface area contributed by atoms with Gasteiger partial charge in [0, 0.05) is 44.3 Å². The molecule has 0 aromatic heterocycles. The van der Waals surface area contributed by atoms with Crippen molar-refractivity contribution in [3.05, 3.63) is 71.8 Å². The lowest BCUT2D eigenvalue weighted by molar-refractivity contribution is -0.148. The predicted octanol–water partition coefficient (Wildman–Crippen LogP) is 7.19. The Balaban J connectivity index is 1.38. The summed E-state index contributed by atoms with van der Waals surface area (Å²) in [5.41, 5.74) is 5.98. The summed E-state index contributed by atoms with van der Waals surface area (Å²) in [5.74, 6) is 2.64. The molecule has 2 fully saturated rings. The van der Waals surface area contributed by atoms with Gasteiger partial charge < -0.3 is 28.4 Å². The normalized spacial score (nSPS) is 18.6. The van der Waals surface area contributed by atoms with Gasteiger partial charge in [0.25, 0.3) is 0 Å². The molecule has 0 amide bonds. The molecular formula is C36H46O8S4. The molecule has 2 aliphatic heterocycles. The van der Waals surface area contributed by atoms with Crippen LogP contribution in [0, 0.1) is 27.7 Å². The first kappa shape index (κ1) is 38.6. The average molecular weight is 735 g/mol. The number of aryl methyl sites for hydroxylation is 4. The van der Waals surface area contributed by atoms with Crippen LogP contribution in [0.25, 0.3) is 11.1 Å². The number of rotatable bonds is 19. The van der Waals surface area contributed by atoms with Gasteiger partial charge in [0.2, 0.25) is 0 Å². The fourth-order valence-electron chi connectivity index (χ4n) is 5.30. The molecule has 2 aliphatic rings. The van der Waals surface area contributed by atoms with Crippen LogP contribution in [0.1, 0.15) is 22.3 Å². The first-order valence-corrected chi connectivity index (χ1v) is 20.3. The van der Waals surface area contributed by atoms with E-state index in [4.69, 9.17) is 28.4 Å². The molecule has 0 aliphatic carbocycles. The minimum absolute atomic E-state index is 0.171. The van der Waals surface area contributed by atoms with Gasteiger partial charge in [-0.2, -0.15) is 0 Å². The topological polar surface area (TPSA) is 89.5 Å². The maximum Gasteiger partial charge on any atom is 0.330 e. The van der Waals surface area contributed by atoms with Gasteiger partial charge in [-0.1, -0.05) is 13.2 Å². The zero-order valence-electron chi connectivity index (χ0n) is 28.2. The molecule has 12 heteroatoms. The fraction of sp³-hybridized carbons (Fsp3) is 0.500. The number of esters is 2. The standard InChI is InChI=1S/C36H46O8S4/c1-7-33(37)43-29(13-39-17-31-19-45-21-47-31)15-41-35-23(3)9-27(10-24(35)4)28-11-25(5)36(26(6)12-28)42-16-30(44-34(38)8-2)14-40-18-32-20-46-22-48-32/h7-12,29-32H,1-2,13-22H2,3-6H3. The number of hydrogen-bond donors (Lipinski definition) is 0. The molecule has 0 N–H and O–H groups in total. The van der Waals surface area contributed by atoms with Crippen LogP contribution in [-0.2, 0) is 28.5 Å². The first-order valence-electron chi connectivity index (χ1n) is 15.9. The van der Waals surface area contributed by atoms with Crippen molar-refractivity contribution in [3.8, 4) is 22.6 Å². The van der Waals surface area contributed by atoms with Crippen LogP contribution < -0.4 is 9.47 Å². The Morgan fingerprint density at radius 3 is 1.38 bits per heavy atom.